The van der Waals surface area contributed by atoms with Crippen molar-refractivity contribution in [2.24, 2.45) is 0 Å². The number of nitrogens with zero attached hydrogens (tertiary/aromatic N) is 5. The maximum atomic E-state index is 11.5. The second-order valence-corrected chi connectivity index (χ2v) is 2.57. The van der Waals surface area contributed by atoms with Crippen molar-refractivity contribution in [3.05, 3.63) is 6.33 Å². The molecule has 13 heavy (non-hydrogen) atoms. The Morgan fingerprint density at radius 2 is 2.15 bits per heavy atom. The number of rotatable bonds is 4. The molecule has 0 atom stereocenters. The van der Waals surface area contributed by atoms with Gasteiger partial charge in [-0.05, 0) is 24.3 Å². The summed E-state index contributed by atoms with van der Waals surface area (Å²) < 4.78 is 1.42. The van der Waals surface area contributed by atoms with E-state index in [4.69, 9.17) is 0 Å². The Hall–Kier alpha value is -1.46. The fourth-order valence-corrected chi connectivity index (χ4v) is 1.07. The van der Waals surface area contributed by atoms with Crippen LogP contribution in [0.2, 0.25) is 0 Å². The van der Waals surface area contributed by atoms with Crippen LogP contribution in [0, 0.1) is 0 Å². The minimum absolute atomic E-state index is 0.0392. The van der Waals surface area contributed by atoms with Crippen LogP contribution in [0.1, 0.15) is 13.8 Å². The predicted molar refractivity (Wildman–Crippen MR) is 45.7 cm³/mol. The van der Waals surface area contributed by atoms with Crippen LogP contribution in [0.4, 0.5) is 0 Å². The number of aromatic nitrogens is 4. The summed E-state index contributed by atoms with van der Waals surface area (Å²) in [7, 11) is 0. The highest BCUT2D eigenvalue weighted by atomic mass is 16.2. The van der Waals surface area contributed by atoms with E-state index in [2.05, 4.69) is 15.5 Å². The number of carbonyl (C=O) groups is 1. The molecule has 1 rings (SSSR count). The monoisotopic (exact) mass is 183 g/mol. The largest absolute Gasteiger partial charge is 0.342 e. The van der Waals surface area contributed by atoms with E-state index < -0.39 is 0 Å². The summed E-state index contributed by atoms with van der Waals surface area (Å²) in [5, 5.41) is 10.5. The van der Waals surface area contributed by atoms with E-state index in [9.17, 15) is 4.79 Å². The van der Waals surface area contributed by atoms with Gasteiger partial charge in [-0.3, -0.25) is 4.79 Å². The SMILES string of the molecule is CCN(CC)C(=O)Cn1cnnn1. The minimum Gasteiger partial charge on any atom is -0.342 e. The quantitative estimate of drug-likeness (QED) is 0.633. The lowest BCUT2D eigenvalue weighted by molar-refractivity contribution is -0.131. The van der Waals surface area contributed by atoms with E-state index in [-0.39, 0.29) is 12.5 Å². The Balaban J connectivity index is 2.49. The average molecular weight is 183 g/mol. The van der Waals surface area contributed by atoms with Crippen LogP contribution in [-0.4, -0.2) is 44.1 Å². The van der Waals surface area contributed by atoms with Crippen LogP contribution in [0.15, 0.2) is 6.33 Å². The van der Waals surface area contributed by atoms with E-state index in [1.807, 2.05) is 13.8 Å². The summed E-state index contributed by atoms with van der Waals surface area (Å²) >= 11 is 0. The van der Waals surface area contributed by atoms with Crippen molar-refractivity contribution >= 4 is 5.91 Å². The molecule has 0 radical (unpaired) electrons. The standard InChI is InChI=1S/C7H13N5O/c1-3-11(4-2)7(13)5-12-6-8-9-10-12/h6H,3-5H2,1-2H3. The zero-order valence-corrected chi connectivity index (χ0v) is 7.84. The number of amides is 1. The van der Waals surface area contributed by atoms with Crippen molar-refractivity contribution in [1.82, 2.24) is 25.1 Å². The van der Waals surface area contributed by atoms with Crippen LogP contribution >= 0.6 is 0 Å². The first-order valence-electron chi connectivity index (χ1n) is 4.26. The van der Waals surface area contributed by atoms with Crippen molar-refractivity contribution in [2.75, 3.05) is 13.1 Å². The highest BCUT2D eigenvalue weighted by Crippen LogP contribution is 1.91. The third-order valence-corrected chi connectivity index (χ3v) is 1.80. The lowest BCUT2D eigenvalue weighted by atomic mass is 10.4. The topological polar surface area (TPSA) is 63.9 Å². The predicted octanol–water partition coefficient (Wildman–Crippen LogP) is -0.459. The molecule has 0 unspecified atom stereocenters. The van der Waals surface area contributed by atoms with Gasteiger partial charge in [0.15, 0.2) is 0 Å². The van der Waals surface area contributed by atoms with Gasteiger partial charge in [0.25, 0.3) is 0 Å². The average Bonchev–Trinajstić information content (AvgIpc) is 2.59. The van der Waals surface area contributed by atoms with Crippen molar-refractivity contribution in [2.45, 2.75) is 20.4 Å². The molecular formula is C7H13N5O. The van der Waals surface area contributed by atoms with Crippen LogP contribution in [-0.2, 0) is 11.3 Å². The van der Waals surface area contributed by atoms with Crippen LogP contribution in [0.25, 0.3) is 0 Å². The lowest BCUT2D eigenvalue weighted by Gasteiger charge is -2.17. The van der Waals surface area contributed by atoms with Crippen molar-refractivity contribution in [3.8, 4) is 0 Å². The minimum atomic E-state index is 0.0392. The zero-order chi connectivity index (χ0) is 9.68. The summed E-state index contributed by atoms with van der Waals surface area (Å²) in [6, 6.07) is 0. The van der Waals surface area contributed by atoms with Gasteiger partial charge in [0.1, 0.15) is 12.9 Å². The Bertz CT molecular complexity index is 254. The normalized spacial score (nSPS) is 10.0. The third kappa shape index (κ3) is 2.50. The fraction of sp³-hybridized carbons (Fsp3) is 0.714. The van der Waals surface area contributed by atoms with Crippen LogP contribution in [0.5, 0.6) is 0 Å². The van der Waals surface area contributed by atoms with Gasteiger partial charge in [0, 0.05) is 13.1 Å². The molecule has 6 nitrogen and oxygen atoms in total. The molecule has 6 heteroatoms. The van der Waals surface area contributed by atoms with E-state index >= 15 is 0 Å². The fourth-order valence-electron chi connectivity index (χ4n) is 1.07. The Morgan fingerprint density at radius 1 is 1.46 bits per heavy atom. The molecule has 0 bridgehead atoms. The third-order valence-electron chi connectivity index (χ3n) is 1.80. The maximum Gasteiger partial charge on any atom is 0.244 e. The Morgan fingerprint density at radius 3 is 2.62 bits per heavy atom. The van der Waals surface area contributed by atoms with Gasteiger partial charge in [0.2, 0.25) is 5.91 Å². The van der Waals surface area contributed by atoms with Crippen molar-refractivity contribution < 1.29 is 4.79 Å². The first-order valence-corrected chi connectivity index (χ1v) is 4.26. The van der Waals surface area contributed by atoms with Gasteiger partial charge in [-0.2, -0.15) is 0 Å². The molecule has 1 aromatic heterocycles. The molecule has 0 aliphatic rings. The molecule has 1 heterocycles. The highest BCUT2D eigenvalue weighted by molar-refractivity contribution is 5.75. The number of hydrogen-bond acceptors (Lipinski definition) is 4. The Labute approximate surface area is 76.5 Å². The van der Waals surface area contributed by atoms with E-state index in [1.165, 1.54) is 11.0 Å². The van der Waals surface area contributed by atoms with Gasteiger partial charge in [-0.15, -0.1) is 5.10 Å². The second kappa shape index (κ2) is 4.54. The first-order chi connectivity index (χ1) is 6.27. The molecule has 0 spiro atoms. The summed E-state index contributed by atoms with van der Waals surface area (Å²) in [4.78, 5) is 13.2. The van der Waals surface area contributed by atoms with Crippen LogP contribution in [0.3, 0.4) is 0 Å². The number of tetrazole rings is 1. The molecule has 1 aromatic rings. The van der Waals surface area contributed by atoms with Crippen LogP contribution < -0.4 is 0 Å². The highest BCUT2D eigenvalue weighted by Gasteiger charge is 2.09. The zero-order valence-electron chi connectivity index (χ0n) is 7.84. The Kier molecular flexibility index (Phi) is 3.36. The number of hydrogen-bond donors (Lipinski definition) is 0. The lowest BCUT2D eigenvalue weighted by Crippen LogP contribution is -2.33. The molecule has 0 N–H and O–H groups in total. The van der Waals surface area contributed by atoms with Crippen molar-refractivity contribution in [1.29, 1.82) is 0 Å². The number of likely N-dealkylation sites (N-methyl/N-ethyl adjacent to an activating group) is 1. The molecule has 0 saturated heterocycles. The smallest absolute Gasteiger partial charge is 0.244 e. The summed E-state index contributed by atoms with van der Waals surface area (Å²) in [6.45, 7) is 5.55. The van der Waals surface area contributed by atoms with Gasteiger partial charge in [-0.1, -0.05) is 0 Å². The second-order valence-electron chi connectivity index (χ2n) is 2.57. The van der Waals surface area contributed by atoms with E-state index in [0.29, 0.717) is 0 Å². The van der Waals surface area contributed by atoms with Gasteiger partial charge < -0.3 is 4.90 Å². The summed E-state index contributed by atoms with van der Waals surface area (Å²) in [5.74, 6) is 0.0392. The molecular weight excluding hydrogens is 170 g/mol. The summed E-state index contributed by atoms with van der Waals surface area (Å²) in [6.07, 6.45) is 1.43. The molecule has 0 saturated carbocycles. The maximum absolute atomic E-state index is 11.5. The molecule has 0 aliphatic heterocycles. The first kappa shape index (κ1) is 9.63. The molecule has 72 valence electrons. The van der Waals surface area contributed by atoms with E-state index in [1.54, 1.807) is 4.90 Å². The van der Waals surface area contributed by atoms with Gasteiger partial charge >= 0.3 is 0 Å². The number of carbonyl (C=O) groups excluding carboxylic acids is 1. The summed E-state index contributed by atoms with van der Waals surface area (Å²) in [5.41, 5.74) is 0. The van der Waals surface area contributed by atoms with Crippen molar-refractivity contribution in [3.63, 3.8) is 0 Å². The molecule has 0 fully saturated rings. The van der Waals surface area contributed by atoms with E-state index in [0.717, 1.165) is 13.1 Å². The molecule has 1 amide bonds. The molecule has 0 aromatic carbocycles. The van der Waals surface area contributed by atoms with Gasteiger partial charge in [0.05, 0.1) is 0 Å². The van der Waals surface area contributed by atoms with Gasteiger partial charge in [-0.25, -0.2) is 4.68 Å². The molecule has 0 aliphatic carbocycles.